The van der Waals surface area contributed by atoms with Gasteiger partial charge < -0.3 is 5.32 Å². The smallest absolute Gasteiger partial charge is 0.261 e. The van der Waals surface area contributed by atoms with Gasteiger partial charge in [-0.05, 0) is 40.9 Å². The summed E-state index contributed by atoms with van der Waals surface area (Å²) in [5.74, 6) is -0.208. The summed E-state index contributed by atoms with van der Waals surface area (Å²) in [4.78, 5) is 12.0. The van der Waals surface area contributed by atoms with Gasteiger partial charge in [-0.3, -0.25) is 4.79 Å². The minimum atomic E-state index is -3.94. The molecule has 1 atom stereocenters. The highest BCUT2D eigenvalue weighted by Crippen LogP contribution is 2.31. The summed E-state index contributed by atoms with van der Waals surface area (Å²) in [6.07, 6.45) is 0. The Hall–Kier alpha value is -0.300. The number of carbonyl (C=O) groups excluding carboxylic acids is 1. The molecule has 1 aromatic carbocycles. The first-order chi connectivity index (χ1) is 9.04. The third-order valence-corrected chi connectivity index (χ3v) is 5.48. The molecule has 1 N–H and O–H groups in total. The predicted molar refractivity (Wildman–Crippen MR) is 84.0 cm³/mol. The molecule has 0 aromatic heterocycles. The van der Waals surface area contributed by atoms with Crippen molar-refractivity contribution < 1.29 is 13.2 Å². The third-order valence-electron chi connectivity index (χ3n) is 2.89. The first-order valence-electron chi connectivity index (χ1n) is 5.78. The fourth-order valence-electron chi connectivity index (χ4n) is 1.32. The summed E-state index contributed by atoms with van der Waals surface area (Å²) >= 11 is 9.15. The molecule has 0 aliphatic rings. The van der Waals surface area contributed by atoms with Crippen LogP contribution in [0, 0.1) is 5.92 Å². The maximum absolute atomic E-state index is 12.2. The van der Waals surface area contributed by atoms with Gasteiger partial charge in [0.25, 0.3) is 15.0 Å². The number of carbonyl (C=O) groups is 1. The Labute approximate surface area is 136 Å². The van der Waals surface area contributed by atoms with Crippen molar-refractivity contribution >= 4 is 53.2 Å². The molecule has 1 unspecified atom stereocenters. The molecular formula is C12H14BrCl2NO3S. The SMILES string of the molecule is CC(C)C(C)NC(=O)c1cc(S(=O)(=O)Cl)cc(Br)c1Cl. The predicted octanol–water partition coefficient (Wildman–Crippen LogP) is 3.80. The van der Waals surface area contributed by atoms with E-state index in [1.54, 1.807) is 0 Å². The highest BCUT2D eigenvalue weighted by atomic mass is 79.9. The number of amides is 1. The van der Waals surface area contributed by atoms with E-state index in [0.717, 1.165) is 6.07 Å². The summed E-state index contributed by atoms with van der Waals surface area (Å²) < 4.78 is 23.0. The maximum atomic E-state index is 12.2. The van der Waals surface area contributed by atoms with E-state index in [1.165, 1.54) is 6.07 Å². The first kappa shape index (κ1) is 17.8. The van der Waals surface area contributed by atoms with Crippen LogP contribution in [0.1, 0.15) is 31.1 Å². The highest BCUT2D eigenvalue weighted by Gasteiger charge is 2.21. The van der Waals surface area contributed by atoms with Crippen LogP contribution in [0.3, 0.4) is 0 Å². The summed E-state index contributed by atoms with van der Waals surface area (Å²) in [5, 5.41) is 2.90. The lowest BCUT2D eigenvalue weighted by Gasteiger charge is -2.18. The normalized spacial score (nSPS) is 13.3. The van der Waals surface area contributed by atoms with Crippen molar-refractivity contribution in [3.63, 3.8) is 0 Å². The van der Waals surface area contributed by atoms with E-state index in [2.05, 4.69) is 21.2 Å². The maximum Gasteiger partial charge on any atom is 0.261 e. The van der Waals surface area contributed by atoms with Crippen LogP contribution in [0.15, 0.2) is 21.5 Å². The van der Waals surface area contributed by atoms with Crippen LogP contribution in [0.25, 0.3) is 0 Å². The minimum absolute atomic E-state index is 0.0627. The molecular weight excluding hydrogens is 389 g/mol. The molecule has 0 saturated carbocycles. The van der Waals surface area contributed by atoms with E-state index in [-0.39, 0.29) is 27.4 Å². The van der Waals surface area contributed by atoms with E-state index >= 15 is 0 Å². The summed E-state index contributed by atoms with van der Waals surface area (Å²) in [7, 11) is 1.35. The zero-order valence-corrected chi connectivity index (χ0v) is 15.0. The number of benzene rings is 1. The van der Waals surface area contributed by atoms with E-state index in [4.69, 9.17) is 22.3 Å². The second-order valence-corrected chi connectivity index (χ2v) is 8.51. The Kier molecular flexibility index (Phi) is 5.89. The number of halogens is 3. The molecule has 0 aliphatic carbocycles. The number of nitrogens with one attached hydrogen (secondary N) is 1. The molecule has 0 spiro atoms. The molecule has 0 radical (unpaired) electrons. The average molecular weight is 403 g/mol. The summed E-state index contributed by atoms with van der Waals surface area (Å²) in [6, 6.07) is 2.35. The summed E-state index contributed by atoms with van der Waals surface area (Å²) in [5.41, 5.74) is 0.0627. The molecule has 1 amide bonds. The van der Waals surface area contributed by atoms with Gasteiger partial charge in [-0.15, -0.1) is 0 Å². The zero-order chi connectivity index (χ0) is 15.7. The van der Waals surface area contributed by atoms with Crippen LogP contribution >= 0.6 is 38.2 Å². The fraction of sp³-hybridized carbons (Fsp3) is 0.417. The molecule has 0 saturated heterocycles. The molecule has 0 fully saturated rings. The van der Waals surface area contributed by atoms with Gasteiger partial charge in [-0.1, -0.05) is 25.4 Å². The Morgan fingerprint density at radius 1 is 1.30 bits per heavy atom. The van der Waals surface area contributed by atoms with Crippen molar-refractivity contribution in [1.82, 2.24) is 5.32 Å². The molecule has 0 bridgehead atoms. The fourth-order valence-corrected chi connectivity index (χ4v) is 2.91. The van der Waals surface area contributed by atoms with Gasteiger partial charge in [0.1, 0.15) is 0 Å². The Bertz CT molecular complexity index is 632. The van der Waals surface area contributed by atoms with Gasteiger partial charge in [-0.25, -0.2) is 8.42 Å². The van der Waals surface area contributed by atoms with Gasteiger partial charge >= 0.3 is 0 Å². The first-order valence-corrected chi connectivity index (χ1v) is 9.26. The topological polar surface area (TPSA) is 63.2 Å². The number of hydrogen-bond acceptors (Lipinski definition) is 3. The molecule has 1 rings (SSSR count). The second-order valence-electron chi connectivity index (χ2n) is 4.71. The van der Waals surface area contributed by atoms with Gasteiger partial charge in [-0.2, -0.15) is 0 Å². The van der Waals surface area contributed by atoms with Crippen molar-refractivity contribution in [3.05, 3.63) is 27.2 Å². The van der Waals surface area contributed by atoms with Crippen molar-refractivity contribution in [2.45, 2.75) is 31.7 Å². The third kappa shape index (κ3) is 4.35. The Morgan fingerprint density at radius 2 is 1.85 bits per heavy atom. The van der Waals surface area contributed by atoms with E-state index < -0.39 is 15.0 Å². The lowest BCUT2D eigenvalue weighted by molar-refractivity contribution is 0.0930. The van der Waals surface area contributed by atoms with Gasteiger partial charge in [0, 0.05) is 21.2 Å². The van der Waals surface area contributed by atoms with E-state index in [9.17, 15) is 13.2 Å². The lowest BCUT2D eigenvalue weighted by atomic mass is 10.1. The Balaban J connectivity index is 3.24. The van der Waals surface area contributed by atoms with Crippen LogP contribution < -0.4 is 5.32 Å². The van der Waals surface area contributed by atoms with E-state index in [1.807, 2.05) is 20.8 Å². The van der Waals surface area contributed by atoms with Crippen molar-refractivity contribution in [2.24, 2.45) is 5.92 Å². The molecule has 8 heteroatoms. The van der Waals surface area contributed by atoms with Gasteiger partial charge in [0.15, 0.2) is 0 Å². The van der Waals surface area contributed by atoms with Crippen LogP contribution in [0.5, 0.6) is 0 Å². The molecule has 0 heterocycles. The van der Waals surface area contributed by atoms with E-state index in [0.29, 0.717) is 4.47 Å². The quantitative estimate of drug-likeness (QED) is 0.779. The molecule has 4 nitrogen and oxygen atoms in total. The zero-order valence-electron chi connectivity index (χ0n) is 11.1. The monoisotopic (exact) mass is 401 g/mol. The minimum Gasteiger partial charge on any atom is -0.349 e. The molecule has 112 valence electrons. The van der Waals surface area contributed by atoms with Gasteiger partial charge in [0.2, 0.25) is 0 Å². The lowest BCUT2D eigenvalue weighted by Crippen LogP contribution is -2.36. The molecule has 1 aromatic rings. The Morgan fingerprint density at radius 3 is 2.30 bits per heavy atom. The molecule has 0 aliphatic heterocycles. The van der Waals surface area contributed by atoms with Crippen molar-refractivity contribution in [3.8, 4) is 0 Å². The van der Waals surface area contributed by atoms with Crippen LogP contribution in [0.2, 0.25) is 5.02 Å². The number of hydrogen-bond donors (Lipinski definition) is 1. The van der Waals surface area contributed by atoms with Crippen LogP contribution in [-0.2, 0) is 9.05 Å². The van der Waals surface area contributed by atoms with Crippen molar-refractivity contribution in [2.75, 3.05) is 0 Å². The van der Waals surface area contributed by atoms with Crippen LogP contribution in [0.4, 0.5) is 0 Å². The second kappa shape index (κ2) is 6.64. The highest BCUT2D eigenvalue weighted by molar-refractivity contribution is 9.10. The largest absolute Gasteiger partial charge is 0.349 e. The van der Waals surface area contributed by atoms with Gasteiger partial charge in [0.05, 0.1) is 15.5 Å². The standard InChI is InChI=1S/C12H14BrCl2NO3S/c1-6(2)7(3)16-12(17)9-4-8(20(15,18)19)5-10(13)11(9)14/h4-7H,1-3H3,(H,16,17). The van der Waals surface area contributed by atoms with Crippen LogP contribution in [-0.4, -0.2) is 20.4 Å². The van der Waals surface area contributed by atoms with Crippen molar-refractivity contribution in [1.29, 1.82) is 0 Å². The summed E-state index contributed by atoms with van der Waals surface area (Å²) in [6.45, 7) is 5.78. The number of rotatable bonds is 4. The average Bonchev–Trinajstić information content (AvgIpc) is 2.30. The molecule has 20 heavy (non-hydrogen) atoms.